The molecule has 0 aliphatic rings. The van der Waals surface area contributed by atoms with Crippen molar-refractivity contribution >= 4 is 43.5 Å². The zero-order valence-electron chi connectivity index (χ0n) is 21.9. The van der Waals surface area contributed by atoms with E-state index in [1.165, 1.54) is 4.90 Å². The lowest BCUT2D eigenvalue weighted by atomic mass is 10.0. The van der Waals surface area contributed by atoms with Crippen LogP contribution < -0.4 is 9.62 Å². The van der Waals surface area contributed by atoms with E-state index in [9.17, 15) is 18.0 Å². The molecule has 38 heavy (non-hydrogen) atoms. The van der Waals surface area contributed by atoms with Gasteiger partial charge >= 0.3 is 0 Å². The van der Waals surface area contributed by atoms with Gasteiger partial charge in [-0.2, -0.15) is 0 Å². The van der Waals surface area contributed by atoms with Gasteiger partial charge in [-0.3, -0.25) is 13.9 Å². The van der Waals surface area contributed by atoms with Crippen LogP contribution in [-0.4, -0.2) is 50.5 Å². The summed E-state index contributed by atoms with van der Waals surface area (Å²) >= 11 is 3.47. The van der Waals surface area contributed by atoms with E-state index in [0.29, 0.717) is 12.2 Å². The van der Waals surface area contributed by atoms with Gasteiger partial charge in [0.25, 0.3) is 0 Å². The summed E-state index contributed by atoms with van der Waals surface area (Å²) in [5.74, 6) is -0.764. The molecule has 3 aromatic carbocycles. The zero-order chi connectivity index (χ0) is 27.7. The van der Waals surface area contributed by atoms with Gasteiger partial charge < -0.3 is 10.2 Å². The van der Waals surface area contributed by atoms with Gasteiger partial charge in [0, 0.05) is 24.0 Å². The molecule has 0 heterocycles. The lowest BCUT2D eigenvalue weighted by Gasteiger charge is -2.33. The lowest BCUT2D eigenvalue weighted by molar-refractivity contribution is -0.140. The molecule has 3 aromatic rings. The van der Waals surface area contributed by atoms with Gasteiger partial charge in [-0.05, 0) is 54.3 Å². The molecular weight excluding hydrogens is 566 g/mol. The van der Waals surface area contributed by atoms with Crippen LogP contribution in [0, 0.1) is 0 Å². The number of hydrogen-bond donors (Lipinski definition) is 1. The number of benzene rings is 3. The van der Waals surface area contributed by atoms with Gasteiger partial charge in [0.1, 0.15) is 12.6 Å². The fourth-order valence-electron chi connectivity index (χ4n) is 4.19. The highest BCUT2D eigenvalue weighted by atomic mass is 79.9. The number of rotatable bonds is 12. The van der Waals surface area contributed by atoms with E-state index < -0.39 is 28.5 Å². The first kappa shape index (κ1) is 29.4. The van der Waals surface area contributed by atoms with E-state index in [4.69, 9.17) is 0 Å². The molecule has 0 fully saturated rings. The van der Waals surface area contributed by atoms with Crippen LogP contribution >= 0.6 is 15.9 Å². The van der Waals surface area contributed by atoms with Crippen molar-refractivity contribution in [1.82, 2.24) is 10.2 Å². The van der Waals surface area contributed by atoms with Crippen molar-refractivity contribution in [2.45, 2.75) is 39.3 Å². The maximum atomic E-state index is 14.0. The van der Waals surface area contributed by atoms with Gasteiger partial charge in [-0.1, -0.05) is 77.5 Å². The molecule has 9 heteroatoms. The second-order valence-corrected chi connectivity index (χ2v) is 11.9. The summed E-state index contributed by atoms with van der Waals surface area (Å²) in [5.41, 5.74) is 3.17. The number of nitrogens with zero attached hydrogens (tertiary/aromatic N) is 2. The van der Waals surface area contributed by atoms with E-state index >= 15 is 0 Å². The Labute approximate surface area is 234 Å². The number of nitrogens with one attached hydrogen (secondary N) is 1. The molecule has 0 radical (unpaired) electrons. The Hall–Kier alpha value is -3.17. The van der Waals surface area contributed by atoms with Crippen LogP contribution in [0.25, 0.3) is 0 Å². The highest BCUT2D eigenvalue weighted by Crippen LogP contribution is 2.22. The third-order valence-corrected chi connectivity index (χ3v) is 7.81. The first-order valence-electron chi connectivity index (χ1n) is 12.5. The number of amides is 2. The minimum absolute atomic E-state index is 0.138. The van der Waals surface area contributed by atoms with Crippen LogP contribution in [-0.2, 0) is 39.0 Å². The van der Waals surface area contributed by atoms with Crippen LogP contribution in [0.1, 0.15) is 30.5 Å². The summed E-state index contributed by atoms with van der Waals surface area (Å²) in [6, 6.07) is 23.3. The summed E-state index contributed by atoms with van der Waals surface area (Å²) in [6.07, 6.45) is 2.18. The number of carbonyl (C=O) groups is 2. The Morgan fingerprint density at radius 2 is 1.55 bits per heavy atom. The average Bonchev–Trinajstić information content (AvgIpc) is 2.89. The van der Waals surface area contributed by atoms with Gasteiger partial charge in [0.15, 0.2) is 0 Å². The SMILES string of the molecule is CCNC(=O)[C@H](Cc1ccccc1)N(Cc1cccc(Br)c1)C(=O)CN(c1ccc(CC)cc1)S(C)(=O)=O. The highest BCUT2D eigenvalue weighted by Gasteiger charge is 2.32. The van der Waals surface area contributed by atoms with E-state index in [1.807, 2.05) is 80.6 Å². The number of sulfonamides is 1. The second-order valence-electron chi connectivity index (χ2n) is 9.04. The minimum Gasteiger partial charge on any atom is -0.355 e. The molecular formula is C29H34BrN3O4S. The van der Waals surface area contributed by atoms with E-state index in [-0.39, 0.29) is 18.9 Å². The quantitative estimate of drug-likeness (QED) is 0.331. The van der Waals surface area contributed by atoms with Crippen LogP contribution in [0.3, 0.4) is 0 Å². The van der Waals surface area contributed by atoms with Gasteiger partial charge in [-0.15, -0.1) is 0 Å². The number of aryl methyl sites for hydroxylation is 1. The van der Waals surface area contributed by atoms with Gasteiger partial charge in [-0.25, -0.2) is 8.42 Å². The minimum atomic E-state index is -3.78. The number of likely N-dealkylation sites (N-methyl/N-ethyl adjacent to an activating group) is 1. The molecule has 3 rings (SSSR count). The number of halogens is 1. The van der Waals surface area contributed by atoms with Crippen LogP contribution in [0.15, 0.2) is 83.3 Å². The number of hydrogen-bond acceptors (Lipinski definition) is 4. The van der Waals surface area contributed by atoms with Crippen molar-refractivity contribution in [3.05, 3.63) is 100 Å². The molecule has 0 saturated carbocycles. The molecule has 0 aliphatic heterocycles. The fourth-order valence-corrected chi connectivity index (χ4v) is 5.49. The summed E-state index contributed by atoms with van der Waals surface area (Å²) < 4.78 is 27.6. The standard InChI is InChI=1S/C29H34BrN3O4S/c1-4-22-14-16-26(17-15-22)33(38(3,36)37)21-28(34)32(20-24-12-9-13-25(30)18-24)27(29(35)31-5-2)19-23-10-7-6-8-11-23/h6-18,27H,4-5,19-21H2,1-3H3,(H,31,35)/t27-/m0/s1. The molecule has 0 aliphatic carbocycles. The normalized spacial score (nSPS) is 12.0. The maximum Gasteiger partial charge on any atom is 0.244 e. The molecule has 1 atom stereocenters. The highest BCUT2D eigenvalue weighted by molar-refractivity contribution is 9.10. The van der Waals surface area contributed by atoms with Crippen molar-refractivity contribution in [1.29, 1.82) is 0 Å². The molecule has 7 nitrogen and oxygen atoms in total. The Morgan fingerprint density at radius 1 is 0.895 bits per heavy atom. The summed E-state index contributed by atoms with van der Waals surface area (Å²) in [5, 5.41) is 2.85. The smallest absolute Gasteiger partial charge is 0.244 e. The summed E-state index contributed by atoms with van der Waals surface area (Å²) in [6.45, 7) is 3.95. The third-order valence-electron chi connectivity index (χ3n) is 6.18. The first-order valence-corrected chi connectivity index (χ1v) is 15.2. The maximum absolute atomic E-state index is 14.0. The monoisotopic (exact) mass is 599 g/mol. The molecule has 1 N–H and O–H groups in total. The Balaban J connectivity index is 2.02. The van der Waals surface area contributed by atoms with Crippen molar-refractivity contribution in [2.75, 3.05) is 23.7 Å². The number of carbonyl (C=O) groups excluding carboxylic acids is 2. The van der Waals surface area contributed by atoms with Crippen molar-refractivity contribution < 1.29 is 18.0 Å². The summed E-state index contributed by atoms with van der Waals surface area (Å²) in [4.78, 5) is 28.8. The Kier molecular flexibility index (Phi) is 10.5. The van der Waals surface area contributed by atoms with Crippen molar-refractivity contribution in [2.24, 2.45) is 0 Å². The largest absolute Gasteiger partial charge is 0.355 e. The molecule has 202 valence electrons. The predicted octanol–water partition coefficient (Wildman–Crippen LogP) is 4.55. The third kappa shape index (κ3) is 8.16. The molecule has 0 saturated heterocycles. The molecule has 0 spiro atoms. The topological polar surface area (TPSA) is 86.8 Å². The first-order chi connectivity index (χ1) is 18.1. The van der Waals surface area contributed by atoms with Crippen LogP contribution in [0.2, 0.25) is 0 Å². The van der Waals surface area contributed by atoms with Gasteiger partial charge in [0.05, 0.1) is 11.9 Å². The molecule has 0 bridgehead atoms. The molecule has 2 amide bonds. The molecule has 0 aromatic heterocycles. The lowest BCUT2D eigenvalue weighted by Crippen LogP contribution is -2.53. The number of anilines is 1. The fraction of sp³-hybridized carbons (Fsp3) is 0.310. The summed E-state index contributed by atoms with van der Waals surface area (Å²) in [7, 11) is -3.78. The van der Waals surface area contributed by atoms with Crippen LogP contribution in [0.4, 0.5) is 5.69 Å². The molecule has 0 unspecified atom stereocenters. The Morgan fingerprint density at radius 3 is 2.13 bits per heavy atom. The van der Waals surface area contributed by atoms with Crippen molar-refractivity contribution in [3.8, 4) is 0 Å². The van der Waals surface area contributed by atoms with E-state index in [1.54, 1.807) is 12.1 Å². The Bertz CT molecular complexity index is 1330. The average molecular weight is 601 g/mol. The zero-order valence-corrected chi connectivity index (χ0v) is 24.3. The van der Waals surface area contributed by atoms with Crippen LogP contribution in [0.5, 0.6) is 0 Å². The van der Waals surface area contributed by atoms with Crippen molar-refractivity contribution in [3.63, 3.8) is 0 Å². The predicted molar refractivity (Wildman–Crippen MR) is 155 cm³/mol. The van der Waals surface area contributed by atoms with Gasteiger partial charge in [0.2, 0.25) is 21.8 Å². The van der Waals surface area contributed by atoms with E-state index in [0.717, 1.165) is 38.1 Å². The van der Waals surface area contributed by atoms with E-state index in [2.05, 4.69) is 21.2 Å². The second kappa shape index (κ2) is 13.6.